The van der Waals surface area contributed by atoms with Gasteiger partial charge < -0.3 is 14.8 Å². The third kappa shape index (κ3) is 9.78. The van der Waals surface area contributed by atoms with Crippen LogP contribution >= 0.6 is 35.0 Å². The van der Waals surface area contributed by atoms with Gasteiger partial charge in [0.1, 0.15) is 6.67 Å². The summed E-state index contributed by atoms with van der Waals surface area (Å²) >= 11 is 16.8. The molecule has 1 aromatic carbocycles. The molecule has 176 valence electrons. The van der Waals surface area contributed by atoms with Gasteiger partial charge in [0.2, 0.25) is 0 Å². The average Bonchev–Trinajstić information content (AvgIpc) is 2.72. The SMILES string of the molecule is CCN(Cl)CCCOC(=O)O[C@H](c1ccc(S(C)(=O)=O)cc1)[C@@H](CF)NC(=O)C(Cl)Cl. The first-order chi connectivity index (χ1) is 14.5. The number of carbonyl (C=O) groups is 2. The molecule has 8 nitrogen and oxygen atoms in total. The van der Waals surface area contributed by atoms with Crippen molar-refractivity contribution in [1.29, 1.82) is 0 Å². The molecule has 0 saturated heterocycles. The van der Waals surface area contributed by atoms with Gasteiger partial charge in [0, 0.05) is 19.3 Å². The van der Waals surface area contributed by atoms with Gasteiger partial charge in [0.25, 0.3) is 5.91 Å². The Morgan fingerprint density at radius 1 is 1.23 bits per heavy atom. The van der Waals surface area contributed by atoms with Gasteiger partial charge >= 0.3 is 6.16 Å². The number of nitrogens with one attached hydrogen (secondary N) is 1. The van der Waals surface area contributed by atoms with Crippen LogP contribution in [0.1, 0.15) is 25.0 Å². The standard InChI is InChI=1S/C18H24Cl3FN2O6S/c1-3-24(21)9-4-10-29-18(26)30-15(14(11-22)23-17(25)16(19)20)12-5-7-13(8-6-12)31(2,27)28/h5-8,14-16H,3-4,9-11H2,1-2H3,(H,23,25)/t14-,15-/m1/s1. The van der Waals surface area contributed by atoms with E-state index >= 15 is 0 Å². The third-order valence-corrected chi connectivity index (χ3v) is 5.96. The summed E-state index contributed by atoms with van der Waals surface area (Å²) in [5, 5.41) is 2.25. The number of hydrogen-bond donors (Lipinski definition) is 1. The van der Waals surface area contributed by atoms with Crippen LogP contribution in [-0.4, -0.2) is 68.4 Å². The molecular formula is C18H24Cl3FN2O6S. The van der Waals surface area contributed by atoms with E-state index in [0.29, 0.717) is 19.5 Å². The summed E-state index contributed by atoms with van der Waals surface area (Å²) in [6, 6.07) is 3.88. The molecule has 31 heavy (non-hydrogen) atoms. The number of amides is 1. The Kier molecular flexibility index (Phi) is 11.9. The molecule has 1 rings (SSSR count). The molecule has 0 saturated carbocycles. The fourth-order valence-electron chi connectivity index (χ4n) is 2.42. The van der Waals surface area contributed by atoms with Gasteiger partial charge in [0.15, 0.2) is 20.8 Å². The van der Waals surface area contributed by atoms with E-state index in [2.05, 4.69) is 5.32 Å². The van der Waals surface area contributed by atoms with Gasteiger partial charge in [-0.15, -0.1) is 0 Å². The topological polar surface area (TPSA) is 102 Å². The molecule has 0 aromatic heterocycles. The first-order valence-electron chi connectivity index (χ1n) is 9.18. The van der Waals surface area contributed by atoms with Crippen LogP contribution in [0.25, 0.3) is 0 Å². The Hall–Kier alpha value is -1.33. The summed E-state index contributed by atoms with van der Waals surface area (Å²) < 4.78 is 48.7. The Morgan fingerprint density at radius 2 is 1.84 bits per heavy atom. The summed E-state index contributed by atoms with van der Waals surface area (Å²) in [5.41, 5.74) is 0.228. The van der Waals surface area contributed by atoms with E-state index in [4.69, 9.17) is 44.5 Å². The van der Waals surface area contributed by atoms with Crippen LogP contribution < -0.4 is 5.32 Å². The normalized spacial score (nSPS) is 13.7. The minimum Gasteiger partial charge on any atom is -0.434 e. The molecule has 0 aliphatic rings. The monoisotopic (exact) mass is 520 g/mol. The molecule has 2 atom stereocenters. The third-order valence-electron chi connectivity index (χ3n) is 4.03. The highest BCUT2D eigenvalue weighted by atomic mass is 35.5. The molecule has 0 aliphatic carbocycles. The second kappa shape index (κ2) is 13.3. The number of halogens is 4. The Bertz CT molecular complexity index is 826. The molecule has 13 heteroatoms. The summed E-state index contributed by atoms with van der Waals surface area (Å²) in [4.78, 5) is 22.5. The lowest BCUT2D eigenvalue weighted by atomic mass is 10.0. The van der Waals surface area contributed by atoms with Crippen LogP contribution in [0.15, 0.2) is 29.2 Å². The maximum Gasteiger partial charge on any atom is 0.508 e. The molecule has 0 radical (unpaired) electrons. The number of carbonyl (C=O) groups excluding carboxylic acids is 2. The largest absolute Gasteiger partial charge is 0.508 e. The zero-order valence-corrected chi connectivity index (χ0v) is 20.0. The zero-order valence-electron chi connectivity index (χ0n) is 16.9. The van der Waals surface area contributed by atoms with Crippen molar-refractivity contribution in [3.8, 4) is 0 Å². The van der Waals surface area contributed by atoms with E-state index in [1.165, 1.54) is 28.7 Å². The van der Waals surface area contributed by atoms with Gasteiger partial charge in [-0.3, -0.25) is 4.79 Å². The van der Waals surface area contributed by atoms with Crippen molar-refractivity contribution in [1.82, 2.24) is 9.74 Å². The van der Waals surface area contributed by atoms with Crippen molar-refractivity contribution in [3.05, 3.63) is 29.8 Å². The number of hydrogen-bond acceptors (Lipinski definition) is 7. The quantitative estimate of drug-likeness (QED) is 0.195. The molecule has 0 fully saturated rings. The minimum atomic E-state index is -3.47. The molecule has 0 spiro atoms. The lowest BCUT2D eigenvalue weighted by Gasteiger charge is -2.26. The maximum atomic E-state index is 13.7. The first-order valence-corrected chi connectivity index (χ1v) is 12.3. The van der Waals surface area contributed by atoms with Gasteiger partial charge in [0.05, 0.1) is 17.5 Å². The Labute approximate surface area is 195 Å². The number of nitrogens with zero attached hydrogens (tertiary/aromatic N) is 1. The molecule has 1 amide bonds. The van der Waals surface area contributed by atoms with Gasteiger partial charge in [-0.05, 0) is 35.9 Å². The molecule has 0 bridgehead atoms. The highest BCUT2D eigenvalue weighted by molar-refractivity contribution is 7.90. The molecule has 1 N–H and O–H groups in total. The Morgan fingerprint density at radius 3 is 2.32 bits per heavy atom. The van der Waals surface area contributed by atoms with Crippen LogP contribution in [0.2, 0.25) is 0 Å². The van der Waals surface area contributed by atoms with Crippen LogP contribution in [0.4, 0.5) is 9.18 Å². The van der Waals surface area contributed by atoms with E-state index in [1.807, 2.05) is 6.92 Å². The van der Waals surface area contributed by atoms with Crippen molar-refractivity contribution >= 4 is 56.9 Å². The fraction of sp³-hybridized carbons (Fsp3) is 0.556. The average molecular weight is 522 g/mol. The number of benzene rings is 1. The number of ether oxygens (including phenoxy) is 2. The van der Waals surface area contributed by atoms with E-state index in [-0.39, 0.29) is 17.1 Å². The second-order valence-electron chi connectivity index (χ2n) is 6.40. The summed E-state index contributed by atoms with van der Waals surface area (Å²) in [5.74, 6) is -0.887. The molecule has 0 aliphatic heterocycles. The number of rotatable bonds is 12. The van der Waals surface area contributed by atoms with E-state index in [1.54, 1.807) is 0 Å². The first kappa shape index (κ1) is 27.7. The van der Waals surface area contributed by atoms with Crippen LogP contribution in [0, 0.1) is 0 Å². The molecule has 1 aromatic rings. The van der Waals surface area contributed by atoms with Gasteiger partial charge in [-0.25, -0.2) is 22.0 Å². The van der Waals surface area contributed by atoms with Crippen molar-refractivity contribution in [2.24, 2.45) is 0 Å². The fourth-order valence-corrected chi connectivity index (χ4v) is 3.29. The van der Waals surface area contributed by atoms with Crippen molar-refractivity contribution in [2.45, 2.75) is 35.2 Å². The van der Waals surface area contributed by atoms with Crippen molar-refractivity contribution < 1.29 is 31.9 Å². The van der Waals surface area contributed by atoms with Crippen LogP contribution in [0.3, 0.4) is 0 Å². The maximum absolute atomic E-state index is 13.7. The Balaban J connectivity index is 2.99. The highest BCUT2D eigenvalue weighted by Gasteiger charge is 2.31. The summed E-state index contributed by atoms with van der Waals surface area (Å²) in [6.07, 6.45) is -0.971. The predicted octanol–water partition coefficient (Wildman–Crippen LogP) is 3.41. The van der Waals surface area contributed by atoms with Crippen LogP contribution in [0.5, 0.6) is 0 Å². The number of sulfone groups is 1. The lowest BCUT2D eigenvalue weighted by Crippen LogP contribution is -2.44. The summed E-state index contributed by atoms with van der Waals surface area (Å²) in [6.45, 7) is 1.81. The molecule has 0 heterocycles. The van der Waals surface area contributed by atoms with E-state index < -0.39 is 45.6 Å². The number of alkyl halides is 3. The second-order valence-corrected chi connectivity index (χ2v) is 9.99. The van der Waals surface area contributed by atoms with Crippen molar-refractivity contribution in [3.63, 3.8) is 0 Å². The minimum absolute atomic E-state index is 0.000125. The van der Waals surface area contributed by atoms with Gasteiger partial charge in [-0.2, -0.15) is 0 Å². The lowest BCUT2D eigenvalue weighted by molar-refractivity contribution is -0.121. The summed E-state index contributed by atoms with van der Waals surface area (Å²) in [7, 11) is -3.47. The predicted molar refractivity (Wildman–Crippen MR) is 116 cm³/mol. The smallest absolute Gasteiger partial charge is 0.434 e. The zero-order chi connectivity index (χ0) is 23.6. The highest BCUT2D eigenvalue weighted by Crippen LogP contribution is 2.25. The van der Waals surface area contributed by atoms with Crippen LogP contribution in [-0.2, 0) is 24.1 Å². The molecule has 0 unspecified atom stereocenters. The van der Waals surface area contributed by atoms with Crippen molar-refractivity contribution in [2.75, 3.05) is 32.6 Å². The van der Waals surface area contributed by atoms with E-state index in [9.17, 15) is 22.4 Å². The molecular weight excluding hydrogens is 498 g/mol. The van der Waals surface area contributed by atoms with E-state index in [0.717, 1.165) is 6.26 Å². The van der Waals surface area contributed by atoms with Gasteiger partial charge in [-0.1, -0.05) is 42.3 Å².